The largest absolute Gasteiger partial charge is 0.478 e. The Morgan fingerprint density at radius 2 is 2.29 bits per heavy atom. The van der Waals surface area contributed by atoms with E-state index in [4.69, 9.17) is 5.11 Å². The molecule has 1 aromatic rings. The van der Waals surface area contributed by atoms with Crippen LogP contribution in [0.3, 0.4) is 0 Å². The van der Waals surface area contributed by atoms with Crippen molar-refractivity contribution in [1.29, 1.82) is 0 Å². The monoisotopic (exact) mass is 331 g/mol. The van der Waals surface area contributed by atoms with Crippen LogP contribution in [0.2, 0.25) is 0 Å². The van der Waals surface area contributed by atoms with E-state index in [0.29, 0.717) is 18.0 Å². The molecular weight excluding hydrogens is 314 g/mol. The van der Waals surface area contributed by atoms with Gasteiger partial charge in [0.25, 0.3) is 0 Å². The van der Waals surface area contributed by atoms with Crippen LogP contribution in [0.4, 0.5) is 5.95 Å². The van der Waals surface area contributed by atoms with Gasteiger partial charge in [0.15, 0.2) is 9.84 Å². The Balaban J connectivity index is 2.38. The van der Waals surface area contributed by atoms with Gasteiger partial charge in [-0.15, -0.1) is 0 Å². The minimum absolute atomic E-state index is 0.0278. The van der Waals surface area contributed by atoms with Crippen molar-refractivity contribution >= 4 is 33.5 Å². The van der Waals surface area contributed by atoms with E-state index in [9.17, 15) is 13.2 Å². The molecule has 9 heteroatoms. The highest BCUT2D eigenvalue weighted by atomic mass is 32.2. The Morgan fingerprint density at radius 3 is 2.86 bits per heavy atom. The number of sulfone groups is 1. The second-order valence-corrected chi connectivity index (χ2v) is 8.25. The third-order valence-electron chi connectivity index (χ3n) is 3.36. The maximum Gasteiger partial charge on any atom is 0.339 e. The first-order chi connectivity index (χ1) is 9.86. The smallest absolute Gasteiger partial charge is 0.339 e. The average Bonchev–Trinajstić information content (AvgIpc) is 2.46. The Kier molecular flexibility index (Phi) is 4.72. The number of thioether (sulfide) groups is 1. The summed E-state index contributed by atoms with van der Waals surface area (Å²) in [7, 11) is -3.25. The lowest BCUT2D eigenvalue weighted by atomic mass is 10.2. The summed E-state index contributed by atoms with van der Waals surface area (Å²) in [6, 6.07) is 0. The van der Waals surface area contributed by atoms with E-state index in [1.165, 1.54) is 6.20 Å². The fraction of sp³-hybridized carbons (Fsp3) is 0.583. The van der Waals surface area contributed by atoms with Gasteiger partial charge in [0.2, 0.25) is 5.95 Å². The number of aromatic nitrogens is 2. The maximum absolute atomic E-state index is 12.2. The van der Waals surface area contributed by atoms with E-state index >= 15 is 0 Å². The molecule has 2 heterocycles. The van der Waals surface area contributed by atoms with Crippen LogP contribution in [0, 0.1) is 6.92 Å². The van der Waals surface area contributed by atoms with Crippen molar-refractivity contribution in [2.24, 2.45) is 0 Å². The van der Waals surface area contributed by atoms with Crippen molar-refractivity contribution in [3.63, 3.8) is 0 Å². The fourth-order valence-corrected chi connectivity index (χ4v) is 5.07. The molecule has 7 nitrogen and oxygen atoms in total. The summed E-state index contributed by atoms with van der Waals surface area (Å²) in [6.07, 6.45) is 1.23. The number of aromatic carboxylic acids is 1. The van der Waals surface area contributed by atoms with Crippen molar-refractivity contribution in [1.82, 2.24) is 9.97 Å². The lowest BCUT2D eigenvalue weighted by molar-refractivity contribution is 0.0695. The van der Waals surface area contributed by atoms with Gasteiger partial charge in [-0.05, 0) is 6.92 Å². The SMILES string of the molecule is CCS(=O)(=O)C1CSCCN1c1ncc(C(=O)O)c(C)n1. The molecular formula is C12H17N3O4S2. The molecule has 2 rings (SSSR count). The number of carbonyl (C=O) groups is 1. The summed E-state index contributed by atoms with van der Waals surface area (Å²) in [4.78, 5) is 20.9. The average molecular weight is 331 g/mol. The third kappa shape index (κ3) is 3.29. The summed E-state index contributed by atoms with van der Waals surface area (Å²) in [6.45, 7) is 3.73. The van der Waals surface area contributed by atoms with E-state index < -0.39 is 21.2 Å². The molecule has 1 aliphatic heterocycles. The number of hydrogen-bond acceptors (Lipinski definition) is 7. The van der Waals surface area contributed by atoms with Gasteiger partial charge in [-0.1, -0.05) is 6.92 Å². The lowest BCUT2D eigenvalue weighted by Gasteiger charge is -2.34. The van der Waals surface area contributed by atoms with Crippen LogP contribution < -0.4 is 4.90 Å². The van der Waals surface area contributed by atoms with Gasteiger partial charge in [0, 0.05) is 30.0 Å². The molecule has 0 spiro atoms. The fourth-order valence-electron chi connectivity index (χ4n) is 2.10. The van der Waals surface area contributed by atoms with E-state index in [-0.39, 0.29) is 17.3 Å². The maximum atomic E-state index is 12.2. The van der Waals surface area contributed by atoms with Crippen molar-refractivity contribution in [3.8, 4) is 0 Å². The third-order valence-corrected chi connectivity index (χ3v) is 6.64. The summed E-state index contributed by atoms with van der Waals surface area (Å²) >= 11 is 1.59. The molecule has 0 saturated carbocycles. The molecule has 1 unspecified atom stereocenters. The first-order valence-corrected chi connectivity index (χ1v) is 9.36. The van der Waals surface area contributed by atoms with Crippen molar-refractivity contribution < 1.29 is 18.3 Å². The van der Waals surface area contributed by atoms with Crippen molar-refractivity contribution in [2.45, 2.75) is 19.2 Å². The van der Waals surface area contributed by atoms with Gasteiger partial charge >= 0.3 is 5.97 Å². The predicted octanol–water partition coefficient (Wildman–Crippen LogP) is 0.797. The molecule has 0 aliphatic carbocycles. The van der Waals surface area contributed by atoms with Crippen LogP contribution in [0.25, 0.3) is 0 Å². The number of aryl methyl sites for hydroxylation is 1. The Labute approximate surface area is 127 Å². The minimum Gasteiger partial charge on any atom is -0.478 e. The van der Waals surface area contributed by atoms with Gasteiger partial charge in [-0.25, -0.2) is 23.2 Å². The van der Waals surface area contributed by atoms with Crippen LogP contribution >= 0.6 is 11.8 Å². The second-order valence-electron chi connectivity index (χ2n) is 4.65. The van der Waals surface area contributed by atoms with Crippen molar-refractivity contribution in [2.75, 3.05) is 28.7 Å². The quantitative estimate of drug-likeness (QED) is 0.864. The number of carboxylic acids is 1. The zero-order valence-corrected chi connectivity index (χ0v) is 13.4. The normalized spacial score (nSPS) is 19.5. The Morgan fingerprint density at radius 1 is 1.57 bits per heavy atom. The van der Waals surface area contributed by atoms with E-state index in [0.717, 1.165) is 5.75 Å². The number of anilines is 1. The number of nitrogens with zero attached hydrogens (tertiary/aromatic N) is 3. The molecule has 0 aromatic carbocycles. The number of carboxylic acid groups (broad SMARTS) is 1. The van der Waals surface area contributed by atoms with Crippen LogP contribution in [0.15, 0.2) is 6.20 Å². The van der Waals surface area contributed by atoms with E-state index in [2.05, 4.69) is 9.97 Å². The molecule has 1 fully saturated rings. The molecule has 0 amide bonds. The first-order valence-electron chi connectivity index (χ1n) is 6.49. The zero-order chi connectivity index (χ0) is 15.6. The van der Waals surface area contributed by atoms with Crippen molar-refractivity contribution in [3.05, 3.63) is 17.5 Å². The van der Waals surface area contributed by atoms with Gasteiger partial charge in [-0.3, -0.25) is 0 Å². The highest BCUT2D eigenvalue weighted by molar-refractivity contribution is 8.01. The second kappa shape index (κ2) is 6.18. The minimum atomic E-state index is -3.25. The molecule has 1 N–H and O–H groups in total. The summed E-state index contributed by atoms with van der Waals surface area (Å²) in [5.41, 5.74) is 0.360. The van der Waals surface area contributed by atoms with Gasteiger partial charge in [0.05, 0.1) is 11.3 Å². The molecule has 0 bridgehead atoms. The van der Waals surface area contributed by atoms with E-state index in [1.54, 1.807) is 30.5 Å². The molecule has 1 saturated heterocycles. The highest BCUT2D eigenvalue weighted by Gasteiger charge is 2.34. The Hall–Kier alpha value is -1.35. The lowest BCUT2D eigenvalue weighted by Crippen LogP contribution is -2.48. The van der Waals surface area contributed by atoms with Gasteiger partial charge in [0.1, 0.15) is 5.37 Å². The zero-order valence-electron chi connectivity index (χ0n) is 11.8. The Bertz CT molecular complexity index is 648. The van der Waals surface area contributed by atoms with E-state index in [1.807, 2.05) is 0 Å². The molecule has 21 heavy (non-hydrogen) atoms. The van der Waals surface area contributed by atoms with Crippen LogP contribution in [0.1, 0.15) is 23.0 Å². The predicted molar refractivity (Wildman–Crippen MR) is 81.6 cm³/mol. The molecule has 1 aromatic heterocycles. The molecule has 1 aliphatic rings. The molecule has 0 radical (unpaired) electrons. The summed E-state index contributed by atoms with van der Waals surface area (Å²) < 4.78 is 24.4. The highest BCUT2D eigenvalue weighted by Crippen LogP contribution is 2.25. The first kappa shape index (κ1) is 16.0. The molecule has 1 atom stereocenters. The van der Waals surface area contributed by atoms with Gasteiger partial charge < -0.3 is 10.0 Å². The van der Waals surface area contributed by atoms with Gasteiger partial charge in [-0.2, -0.15) is 11.8 Å². The standard InChI is InChI=1S/C12H17N3O4S2/c1-3-21(18,19)10-7-20-5-4-15(10)12-13-6-9(11(16)17)8(2)14-12/h6,10H,3-5,7H2,1-2H3,(H,16,17). The number of rotatable bonds is 4. The van der Waals surface area contributed by atoms with Crippen LogP contribution in [0.5, 0.6) is 0 Å². The number of hydrogen-bond donors (Lipinski definition) is 1. The van der Waals surface area contributed by atoms with Crippen LogP contribution in [-0.2, 0) is 9.84 Å². The summed E-state index contributed by atoms with van der Waals surface area (Å²) in [5, 5.41) is 8.34. The summed E-state index contributed by atoms with van der Waals surface area (Å²) in [5.74, 6) is 0.504. The molecule has 116 valence electrons. The topological polar surface area (TPSA) is 100 Å². The van der Waals surface area contributed by atoms with Crippen LogP contribution in [-0.4, -0.2) is 58.6 Å².